The van der Waals surface area contributed by atoms with Gasteiger partial charge in [0.25, 0.3) is 0 Å². The van der Waals surface area contributed by atoms with Gasteiger partial charge in [0, 0.05) is 25.0 Å². The molecule has 2 rings (SSSR count). The van der Waals surface area contributed by atoms with Crippen molar-refractivity contribution in [3.63, 3.8) is 0 Å². The van der Waals surface area contributed by atoms with Gasteiger partial charge < -0.3 is 4.90 Å². The Morgan fingerprint density at radius 2 is 2.21 bits per heavy atom. The molecule has 2 nitrogen and oxygen atoms in total. The second-order valence-corrected chi connectivity index (χ2v) is 4.23. The van der Waals surface area contributed by atoms with Crippen molar-refractivity contribution in [1.82, 2.24) is 4.90 Å². The summed E-state index contributed by atoms with van der Waals surface area (Å²) in [7, 11) is 0. The van der Waals surface area contributed by atoms with Crippen LogP contribution in [0.3, 0.4) is 0 Å². The van der Waals surface area contributed by atoms with Crippen molar-refractivity contribution >= 4 is 6.21 Å². The molecule has 0 bridgehead atoms. The normalized spacial score (nSPS) is 22.6. The van der Waals surface area contributed by atoms with Gasteiger partial charge in [-0.3, -0.25) is 4.99 Å². The molecule has 0 atom stereocenters. The first-order valence-electron chi connectivity index (χ1n) is 5.36. The first-order chi connectivity index (χ1) is 6.77. The van der Waals surface area contributed by atoms with Crippen LogP contribution in [0.4, 0.5) is 0 Å². The summed E-state index contributed by atoms with van der Waals surface area (Å²) in [6.45, 7) is 9.35. The van der Waals surface area contributed by atoms with Crippen molar-refractivity contribution in [3.05, 3.63) is 23.9 Å². The molecule has 0 N–H and O–H groups in total. The van der Waals surface area contributed by atoms with E-state index in [0.29, 0.717) is 0 Å². The van der Waals surface area contributed by atoms with Gasteiger partial charge in [0.1, 0.15) is 0 Å². The van der Waals surface area contributed by atoms with Gasteiger partial charge in [0.15, 0.2) is 0 Å². The Bertz CT molecular complexity index is 281. The molecule has 1 fully saturated rings. The Hall–Kier alpha value is -1.05. The van der Waals surface area contributed by atoms with Gasteiger partial charge in [-0.05, 0) is 37.3 Å². The summed E-state index contributed by atoms with van der Waals surface area (Å²) in [6.07, 6.45) is 6.67. The van der Waals surface area contributed by atoms with Crippen molar-refractivity contribution in [3.8, 4) is 0 Å². The number of piperidine rings is 1. The number of hydrogen-bond acceptors (Lipinski definition) is 2. The van der Waals surface area contributed by atoms with Crippen LogP contribution in [-0.2, 0) is 0 Å². The summed E-state index contributed by atoms with van der Waals surface area (Å²) < 4.78 is 0. The van der Waals surface area contributed by atoms with Crippen LogP contribution < -0.4 is 0 Å². The highest BCUT2D eigenvalue weighted by Gasteiger charge is 2.22. The summed E-state index contributed by atoms with van der Waals surface area (Å²) >= 11 is 0. The minimum Gasteiger partial charge on any atom is -0.375 e. The van der Waals surface area contributed by atoms with E-state index in [-0.39, 0.29) is 0 Å². The van der Waals surface area contributed by atoms with Crippen LogP contribution >= 0.6 is 0 Å². The molecule has 0 radical (unpaired) electrons. The number of nitrogens with zero attached hydrogens (tertiary/aromatic N) is 2. The van der Waals surface area contributed by atoms with Crippen molar-refractivity contribution in [1.29, 1.82) is 0 Å². The van der Waals surface area contributed by atoms with Gasteiger partial charge in [-0.15, -0.1) is 0 Å². The van der Waals surface area contributed by atoms with E-state index in [1.165, 1.54) is 24.1 Å². The third-order valence-electron chi connectivity index (χ3n) is 3.23. The molecule has 2 heterocycles. The largest absolute Gasteiger partial charge is 0.375 e. The monoisotopic (exact) mass is 190 g/mol. The van der Waals surface area contributed by atoms with Crippen LogP contribution in [0.5, 0.6) is 0 Å². The van der Waals surface area contributed by atoms with Crippen LogP contribution in [0.25, 0.3) is 0 Å². The molecular formula is C12H18N2. The fraction of sp³-hybridized carbons (Fsp3) is 0.583. The summed E-state index contributed by atoms with van der Waals surface area (Å²) in [5.74, 6) is 0.771. The van der Waals surface area contributed by atoms with E-state index in [1.54, 1.807) is 0 Å². The average Bonchev–Trinajstić information content (AvgIpc) is 2.71. The molecular weight excluding hydrogens is 172 g/mol. The Labute approximate surface area is 86.0 Å². The first-order valence-corrected chi connectivity index (χ1v) is 5.36. The minimum atomic E-state index is 0.771. The summed E-state index contributed by atoms with van der Waals surface area (Å²) in [5.41, 5.74) is 2.74. The lowest BCUT2D eigenvalue weighted by Gasteiger charge is -2.34. The van der Waals surface area contributed by atoms with Crippen LogP contribution in [0.15, 0.2) is 28.9 Å². The van der Waals surface area contributed by atoms with Crippen molar-refractivity contribution < 1.29 is 0 Å². The van der Waals surface area contributed by atoms with Gasteiger partial charge in [0.2, 0.25) is 0 Å². The van der Waals surface area contributed by atoms with E-state index < -0.39 is 0 Å². The Morgan fingerprint density at radius 1 is 1.50 bits per heavy atom. The fourth-order valence-corrected chi connectivity index (χ4v) is 2.26. The minimum absolute atomic E-state index is 0.771. The molecule has 0 aliphatic carbocycles. The standard InChI is InChI=1S/C12H18N2/c1-10(2)14-7-4-11(5-8-14)12-3-6-13-9-12/h3,6,11H,1,4-5,7-9H2,2H3. The molecule has 0 aromatic heterocycles. The summed E-state index contributed by atoms with van der Waals surface area (Å²) in [5, 5.41) is 0. The summed E-state index contributed by atoms with van der Waals surface area (Å²) in [6, 6.07) is 0. The van der Waals surface area contributed by atoms with Gasteiger partial charge in [-0.2, -0.15) is 0 Å². The van der Waals surface area contributed by atoms with Crippen LogP contribution in [0.2, 0.25) is 0 Å². The third-order valence-corrected chi connectivity index (χ3v) is 3.23. The third kappa shape index (κ3) is 1.89. The van der Waals surface area contributed by atoms with Crippen molar-refractivity contribution in [2.24, 2.45) is 10.9 Å². The maximum atomic E-state index is 4.25. The molecule has 2 aliphatic heterocycles. The van der Waals surface area contributed by atoms with Crippen LogP contribution in [0, 0.1) is 5.92 Å². The predicted molar refractivity (Wildman–Crippen MR) is 60.6 cm³/mol. The van der Waals surface area contributed by atoms with Crippen molar-refractivity contribution in [2.45, 2.75) is 19.8 Å². The van der Waals surface area contributed by atoms with Crippen LogP contribution in [0.1, 0.15) is 19.8 Å². The zero-order chi connectivity index (χ0) is 9.97. The highest BCUT2D eigenvalue weighted by atomic mass is 15.1. The second-order valence-electron chi connectivity index (χ2n) is 4.23. The Balaban J connectivity index is 1.87. The summed E-state index contributed by atoms with van der Waals surface area (Å²) in [4.78, 5) is 6.63. The van der Waals surface area contributed by atoms with E-state index >= 15 is 0 Å². The SMILES string of the molecule is C=C(C)N1CCC(C2=CC=NC2)CC1. The molecule has 2 heteroatoms. The smallest absolute Gasteiger partial charge is 0.0605 e. The van der Waals surface area contributed by atoms with Gasteiger partial charge in [-0.25, -0.2) is 0 Å². The highest BCUT2D eigenvalue weighted by Crippen LogP contribution is 2.27. The maximum absolute atomic E-state index is 4.25. The zero-order valence-corrected chi connectivity index (χ0v) is 8.87. The Kier molecular flexibility index (Phi) is 2.71. The molecule has 76 valence electrons. The quantitative estimate of drug-likeness (QED) is 0.652. The highest BCUT2D eigenvalue weighted by molar-refractivity contribution is 5.75. The molecule has 2 aliphatic rings. The topological polar surface area (TPSA) is 15.6 Å². The average molecular weight is 190 g/mol. The number of hydrogen-bond donors (Lipinski definition) is 0. The Morgan fingerprint density at radius 3 is 2.71 bits per heavy atom. The van der Waals surface area contributed by atoms with E-state index in [2.05, 4.69) is 29.5 Å². The zero-order valence-electron chi connectivity index (χ0n) is 8.87. The van der Waals surface area contributed by atoms with E-state index in [1.807, 2.05) is 6.21 Å². The number of allylic oxidation sites excluding steroid dienone is 2. The fourth-order valence-electron chi connectivity index (χ4n) is 2.26. The number of aliphatic imine (C=N–C) groups is 1. The first kappa shape index (κ1) is 9.50. The molecule has 1 saturated heterocycles. The van der Waals surface area contributed by atoms with Gasteiger partial charge in [-0.1, -0.05) is 6.58 Å². The van der Waals surface area contributed by atoms with E-state index in [0.717, 1.165) is 25.6 Å². The van der Waals surface area contributed by atoms with Gasteiger partial charge in [0.05, 0.1) is 6.54 Å². The lowest BCUT2D eigenvalue weighted by atomic mass is 9.89. The van der Waals surface area contributed by atoms with Gasteiger partial charge >= 0.3 is 0 Å². The predicted octanol–water partition coefficient (Wildman–Crippen LogP) is 2.24. The molecule has 0 aromatic carbocycles. The molecule has 0 aromatic rings. The number of likely N-dealkylation sites (tertiary alicyclic amines) is 1. The van der Waals surface area contributed by atoms with E-state index in [4.69, 9.17) is 0 Å². The number of rotatable bonds is 2. The maximum Gasteiger partial charge on any atom is 0.0605 e. The second kappa shape index (κ2) is 3.99. The van der Waals surface area contributed by atoms with Crippen molar-refractivity contribution in [2.75, 3.05) is 19.6 Å². The lowest BCUT2D eigenvalue weighted by molar-refractivity contribution is 0.246. The van der Waals surface area contributed by atoms with Crippen LogP contribution in [-0.4, -0.2) is 30.7 Å². The molecule has 0 saturated carbocycles. The molecule has 14 heavy (non-hydrogen) atoms. The molecule has 0 amide bonds. The lowest BCUT2D eigenvalue weighted by Crippen LogP contribution is -2.32. The van der Waals surface area contributed by atoms with E-state index in [9.17, 15) is 0 Å². The molecule has 0 unspecified atom stereocenters. The molecule has 0 spiro atoms.